The van der Waals surface area contributed by atoms with Crippen molar-refractivity contribution in [1.29, 1.82) is 0 Å². The summed E-state index contributed by atoms with van der Waals surface area (Å²) >= 11 is 0. The van der Waals surface area contributed by atoms with Crippen LogP contribution in [0.2, 0.25) is 0 Å². The third-order valence-corrected chi connectivity index (χ3v) is 3.47. The van der Waals surface area contributed by atoms with Crippen molar-refractivity contribution in [2.75, 3.05) is 18.0 Å². The van der Waals surface area contributed by atoms with Crippen LogP contribution in [0, 0.1) is 0 Å². The first-order valence-corrected chi connectivity index (χ1v) is 7.65. The molecular formula is C15H26N4. The molecule has 1 aromatic rings. The molecule has 106 valence electrons. The van der Waals surface area contributed by atoms with Gasteiger partial charge in [0.05, 0.1) is 5.69 Å². The molecule has 4 heteroatoms. The van der Waals surface area contributed by atoms with Crippen molar-refractivity contribution in [3.63, 3.8) is 0 Å². The van der Waals surface area contributed by atoms with E-state index in [-0.39, 0.29) is 0 Å². The quantitative estimate of drug-likeness (QED) is 0.695. The van der Waals surface area contributed by atoms with E-state index in [0.29, 0.717) is 6.04 Å². The minimum absolute atomic E-state index is 0.713. The molecule has 0 amide bonds. The summed E-state index contributed by atoms with van der Waals surface area (Å²) in [6, 6.07) is 4.95. The molecule has 1 heterocycles. The number of rotatable bonds is 9. The van der Waals surface area contributed by atoms with Gasteiger partial charge in [0.25, 0.3) is 0 Å². The molecule has 0 spiro atoms. The molecule has 1 fully saturated rings. The highest BCUT2D eigenvalue weighted by Crippen LogP contribution is 2.30. The molecule has 1 aromatic heterocycles. The van der Waals surface area contributed by atoms with Crippen molar-refractivity contribution in [3.8, 4) is 0 Å². The molecule has 0 aliphatic heterocycles. The Morgan fingerprint density at radius 3 is 2.63 bits per heavy atom. The van der Waals surface area contributed by atoms with Gasteiger partial charge in [-0.2, -0.15) is 5.10 Å². The third kappa shape index (κ3) is 4.46. The van der Waals surface area contributed by atoms with Gasteiger partial charge in [0.15, 0.2) is 5.82 Å². The fourth-order valence-corrected chi connectivity index (χ4v) is 2.19. The first-order valence-electron chi connectivity index (χ1n) is 7.65. The van der Waals surface area contributed by atoms with Crippen molar-refractivity contribution in [1.82, 2.24) is 15.5 Å². The molecule has 1 N–H and O–H groups in total. The van der Waals surface area contributed by atoms with Gasteiger partial charge < -0.3 is 10.2 Å². The molecule has 19 heavy (non-hydrogen) atoms. The second kappa shape index (κ2) is 7.43. The van der Waals surface area contributed by atoms with E-state index >= 15 is 0 Å². The van der Waals surface area contributed by atoms with Crippen LogP contribution in [0.1, 0.15) is 51.6 Å². The van der Waals surface area contributed by atoms with Crippen LogP contribution in [0.15, 0.2) is 12.1 Å². The van der Waals surface area contributed by atoms with Gasteiger partial charge in [0, 0.05) is 19.1 Å². The van der Waals surface area contributed by atoms with E-state index in [0.717, 1.165) is 37.6 Å². The molecule has 0 aromatic carbocycles. The topological polar surface area (TPSA) is 41.0 Å². The molecule has 1 aliphatic carbocycles. The van der Waals surface area contributed by atoms with Crippen molar-refractivity contribution < 1.29 is 0 Å². The average Bonchev–Trinajstić information content (AvgIpc) is 3.26. The Morgan fingerprint density at radius 2 is 2.05 bits per heavy atom. The summed E-state index contributed by atoms with van der Waals surface area (Å²) in [7, 11) is 0. The maximum atomic E-state index is 4.41. The highest BCUT2D eigenvalue weighted by Gasteiger charge is 2.29. The molecule has 2 rings (SSSR count). The molecule has 0 atom stereocenters. The van der Waals surface area contributed by atoms with Crippen LogP contribution in [-0.2, 0) is 6.54 Å². The van der Waals surface area contributed by atoms with Gasteiger partial charge in [-0.05, 0) is 44.4 Å². The van der Waals surface area contributed by atoms with Crippen LogP contribution < -0.4 is 10.2 Å². The lowest BCUT2D eigenvalue weighted by Gasteiger charge is -2.22. The Kier molecular flexibility index (Phi) is 5.58. The predicted molar refractivity (Wildman–Crippen MR) is 79.3 cm³/mol. The highest BCUT2D eigenvalue weighted by molar-refractivity contribution is 5.40. The second-order valence-electron chi connectivity index (χ2n) is 5.34. The number of aromatic nitrogens is 2. The largest absolute Gasteiger partial charge is 0.352 e. The van der Waals surface area contributed by atoms with Gasteiger partial charge in [0.2, 0.25) is 0 Å². The van der Waals surface area contributed by atoms with Gasteiger partial charge in [-0.1, -0.05) is 20.3 Å². The zero-order valence-electron chi connectivity index (χ0n) is 12.2. The van der Waals surface area contributed by atoms with Gasteiger partial charge in [-0.3, -0.25) is 0 Å². The monoisotopic (exact) mass is 262 g/mol. The fraction of sp³-hybridized carbons (Fsp3) is 0.733. The zero-order valence-corrected chi connectivity index (χ0v) is 12.2. The average molecular weight is 262 g/mol. The Hall–Kier alpha value is -1.16. The number of anilines is 1. The molecule has 0 saturated heterocycles. The summed E-state index contributed by atoms with van der Waals surface area (Å²) < 4.78 is 0. The van der Waals surface area contributed by atoms with Gasteiger partial charge in [0.1, 0.15) is 0 Å². The normalized spacial score (nSPS) is 14.6. The summed E-state index contributed by atoms with van der Waals surface area (Å²) in [6.45, 7) is 7.37. The van der Waals surface area contributed by atoms with E-state index in [1.807, 2.05) is 0 Å². The molecule has 0 bridgehead atoms. The fourth-order valence-electron chi connectivity index (χ4n) is 2.19. The molecule has 0 unspecified atom stereocenters. The molecule has 1 saturated carbocycles. The van der Waals surface area contributed by atoms with E-state index < -0.39 is 0 Å². The zero-order chi connectivity index (χ0) is 13.5. The van der Waals surface area contributed by atoms with Gasteiger partial charge >= 0.3 is 0 Å². The van der Waals surface area contributed by atoms with Crippen molar-refractivity contribution in [2.45, 2.75) is 58.5 Å². The summed E-state index contributed by atoms with van der Waals surface area (Å²) in [4.78, 5) is 2.43. The van der Waals surface area contributed by atoms with E-state index in [2.05, 4.69) is 46.4 Å². The van der Waals surface area contributed by atoms with Crippen LogP contribution in [-0.4, -0.2) is 29.3 Å². The Balaban J connectivity index is 1.91. The summed E-state index contributed by atoms with van der Waals surface area (Å²) in [5.41, 5.74) is 1.03. The van der Waals surface area contributed by atoms with Crippen LogP contribution in [0.4, 0.5) is 5.82 Å². The van der Waals surface area contributed by atoms with Crippen LogP contribution in [0.25, 0.3) is 0 Å². The molecular weight excluding hydrogens is 236 g/mol. The number of nitrogens with one attached hydrogen (secondary N) is 1. The number of nitrogens with zero attached hydrogens (tertiary/aromatic N) is 3. The SMILES string of the molecule is CCCCN(c1ccc(CNCCC)nn1)C1CC1. The standard InChI is InChI=1S/C15H26N4/c1-3-5-11-19(14-7-8-14)15-9-6-13(17-18-15)12-16-10-4-2/h6,9,14,16H,3-5,7-8,10-12H2,1-2H3. The smallest absolute Gasteiger partial charge is 0.151 e. The lowest BCUT2D eigenvalue weighted by Crippen LogP contribution is -2.28. The Bertz CT molecular complexity index is 359. The van der Waals surface area contributed by atoms with E-state index in [9.17, 15) is 0 Å². The Morgan fingerprint density at radius 1 is 1.21 bits per heavy atom. The summed E-state index contributed by atoms with van der Waals surface area (Å²) in [6.07, 6.45) is 6.24. The van der Waals surface area contributed by atoms with E-state index in [4.69, 9.17) is 0 Å². The van der Waals surface area contributed by atoms with Crippen molar-refractivity contribution >= 4 is 5.82 Å². The number of unbranched alkanes of at least 4 members (excludes halogenated alkanes) is 1. The van der Waals surface area contributed by atoms with Crippen LogP contribution >= 0.6 is 0 Å². The summed E-state index contributed by atoms with van der Waals surface area (Å²) in [5, 5.41) is 12.1. The van der Waals surface area contributed by atoms with Crippen molar-refractivity contribution in [3.05, 3.63) is 17.8 Å². The lowest BCUT2D eigenvalue weighted by atomic mass is 10.3. The minimum atomic E-state index is 0.713. The first-order chi connectivity index (χ1) is 9.35. The predicted octanol–water partition coefficient (Wildman–Crippen LogP) is 2.75. The maximum Gasteiger partial charge on any atom is 0.151 e. The van der Waals surface area contributed by atoms with Gasteiger partial charge in [-0.15, -0.1) is 5.10 Å². The van der Waals surface area contributed by atoms with Crippen LogP contribution in [0.3, 0.4) is 0 Å². The highest BCUT2D eigenvalue weighted by atomic mass is 15.3. The summed E-state index contributed by atoms with van der Waals surface area (Å²) in [5.74, 6) is 1.05. The maximum absolute atomic E-state index is 4.41. The molecule has 0 radical (unpaired) electrons. The van der Waals surface area contributed by atoms with Gasteiger partial charge in [-0.25, -0.2) is 0 Å². The number of hydrogen-bond donors (Lipinski definition) is 1. The van der Waals surface area contributed by atoms with Crippen LogP contribution in [0.5, 0.6) is 0 Å². The van der Waals surface area contributed by atoms with E-state index in [1.54, 1.807) is 0 Å². The van der Waals surface area contributed by atoms with Crippen molar-refractivity contribution in [2.24, 2.45) is 0 Å². The number of hydrogen-bond acceptors (Lipinski definition) is 4. The Labute approximate surface area is 116 Å². The van der Waals surface area contributed by atoms with E-state index in [1.165, 1.54) is 25.7 Å². The lowest BCUT2D eigenvalue weighted by molar-refractivity contribution is 0.651. The first kappa shape index (κ1) is 14.3. The second-order valence-corrected chi connectivity index (χ2v) is 5.34. The molecule has 1 aliphatic rings. The third-order valence-electron chi connectivity index (χ3n) is 3.47. The molecule has 4 nitrogen and oxygen atoms in total. The minimum Gasteiger partial charge on any atom is -0.352 e.